The smallest absolute Gasteiger partial charge is 0.176 e. The Bertz CT molecular complexity index is 641. The van der Waals surface area contributed by atoms with E-state index in [1.54, 1.807) is 19.6 Å². The summed E-state index contributed by atoms with van der Waals surface area (Å²) in [6.07, 6.45) is 3.25. The molecule has 1 aromatic carbocycles. The van der Waals surface area contributed by atoms with Crippen LogP contribution in [0.25, 0.3) is 21.9 Å². The molecule has 94 valence electrons. The number of aliphatic hydroxyl groups is 1. The molecular weight excluding hydrogens is 232 g/mol. The van der Waals surface area contributed by atoms with Gasteiger partial charge in [-0.2, -0.15) is 0 Å². The van der Waals surface area contributed by atoms with Crippen LogP contribution in [0.3, 0.4) is 0 Å². The summed E-state index contributed by atoms with van der Waals surface area (Å²) in [5, 5.41) is 11.2. The normalized spacial score (nSPS) is 13.3. The highest BCUT2D eigenvalue weighted by molar-refractivity contribution is 6.04. The molecule has 2 heterocycles. The van der Waals surface area contributed by atoms with Gasteiger partial charge in [-0.1, -0.05) is 6.92 Å². The lowest BCUT2D eigenvalue weighted by molar-refractivity contribution is 0.273. The van der Waals surface area contributed by atoms with Crippen molar-refractivity contribution in [3.8, 4) is 5.75 Å². The molecule has 3 rings (SSSR count). The van der Waals surface area contributed by atoms with Crippen molar-refractivity contribution < 1.29 is 18.7 Å². The Labute approximate surface area is 104 Å². The van der Waals surface area contributed by atoms with Gasteiger partial charge in [-0.05, 0) is 12.1 Å². The SMILES string of the molecule is COc1c2ccoc2c(C(C)CO)c2ccoc12. The van der Waals surface area contributed by atoms with Crippen LogP contribution >= 0.6 is 0 Å². The van der Waals surface area contributed by atoms with Gasteiger partial charge in [0.1, 0.15) is 5.58 Å². The summed E-state index contributed by atoms with van der Waals surface area (Å²) in [6.45, 7) is 2.01. The monoisotopic (exact) mass is 246 g/mol. The molecule has 4 nitrogen and oxygen atoms in total. The summed E-state index contributed by atoms with van der Waals surface area (Å²) in [5.41, 5.74) is 2.41. The van der Waals surface area contributed by atoms with Crippen molar-refractivity contribution in [2.24, 2.45) is 0 Å². The predicted octanol–water partition coefficient (Wildman–Crippen LogP) is 3.28. The van der Waals surface area contributed by atoms with Gasteiger partial charge in [-0.3, -0.25) is 0 Å². The van der Waals surface area contributed by atoms with E-state index in [0.29, 0.717) is 11.3 Å². The number of aliphatic hydroxyl groups excluding tert-OH is 1. The minimum Gasteiger partial charge on any atom is -0.492 e. The van der Waals surface area contributed by atoms with Gasteiger partial charge in [-0.15, -0.1) is 0 Å². The first-order chi connectivity index (χ1) is 8.77. The maximum Gasteiger partial charge on any atom is 0.176 e. The Balaban J connectivity index is 2.50. The largest absolute Gasteiger partial charge is 0.492 e. The van der Waals surface area contributed by atoms with Crippen LogP contribution < -0.4 is 4.74 Å². The van der Waals surface area contributed by atoms with Gasteiger partial charge in [0.05, 0.1) is 25.0 Å². The highest BCUT2D eigenvalue weighted by atomic mass is 16.5. The quantitative estimate of drug-likeness (QED) is 0.770. The van der Waals surface area contributed by atoms with Gasteiger partial charge in [0, 0.05) is 23.5 Å². The van der Waals surface area contributed by atoms with Crippen molar-refractivity contribution in [3.63, 3.8) is 0 Å². The van der Waals surface area contributed by atoms with Crippen molar-refractivity contribution in [1.82, 2.24) is 0 Å². The molecule has 0 saturated carbocycles. The van der Waals surface area contributed by atoms with Crippen LogP contribution in [0.15, 0.2) is 33.5 Å². The van der Waals surface area contributed by atoms with E-state index in [-0.39, 0.29) is 12.5 Å². The van der Waals surface area contributed by atoms with Crippen molar-refractivity contribution in [3.05, 3.63) is 30.2 Å². The van der Waals surface area contributed by atoms with Crippen molar-refractivity contribution in [2.75, 3.05) is 13.7 Å². The molecule has 0 bridgehead atoms. The second-order valence-electron chi connectivity index (χ2n) is 4.36. The van der Waals surface area contributed by atoms with Crippen molar-refractivity contribution >= 4 is 21.9 Å². The molecule has 0 aliphatic carbocycles. The van der Waals surface area contributed by atoms with E-state index < -0.39 is 0 Å². The maximum absolute atomic E-state index is 9.41. The summed E-state index contributed by atoms with van der Waals surface area (Å²) < 4.78 is 16.5. The van der Waals surface area contributed by atoms with Crippen LogP contribution in [0, 0.1) is 0 Å². The second kappa shape index (κ2) is 4.07. The average molecular weight is 246 g/mol. The third-order valence-electron chi connectivity index (χ3n) is 3.29. The molecule has 4 heteroatoms. The molecule has 1 atom stereocenters. The van der Waals surface area contributed by atoms with E-state index in [9.17, 15) is 5.11 Å². The van der Waals surface area contributed by atoms with E-state index >= 15 is 0 Å². The Hall–Kier alpha value is -1.94. The third kappa shape index (κ3) is 1.36. The standard InChI is InChI=1S/C14H14O4/c1-8(7-15)11-9-3-5-18-14(9)13(16-2)10-4-6-17-12(10)11/h3-6,8,15H,7H2,1-2H3. The Morgan fingerprint density at radius 1 is 1.17 bits per heavy atom. The van der Waals surface area contributed by atoms with E-state index in [1.165, 1.54) is 0 Å². The highest BCUT2D eigenvalue weighted by Gasteiger charge is 2.22. The highest BCUT2D eigenvalue weighted by Crippen LogP contribution is 2.42. The van der Waals surface area contributed by atoms with Gasteiger partial charge in [-0.25, -0.2) is 0 Å². The molecule has 0 saturated heterocycles. The van der Waals surface area contributed by atoms with Gasteiger partial charge in [0.25, 0.3) is 0 Å². The Morgan fingerprint density at radius 2 is 1.83 bits per heavy atom. The summed E-state index contributed by atoms with van der Waals surface area (Å²) >= 11 is 0. The molecule has 18 heavy (non-hydrogen) atoms. The average Bonchev–Trinajstić information content (AvgIpc) is 3.02. The predicted molar refractivity (Wildman–Crippen MR) is 68.0 cm³/mol. The molecule has 0 spiro atoms. The zero-order chi connectivity index (χ0) is 12.7. The molecule has 0 radical (unpaired) electrons. The molecule has 1 unspecified atom stereocenters. The first kappa shape index (κ1) is 11.2. The summed E-state index contributed by atoms with van der Waals surface area (Å²) in [6, 6.07) is 3.73. The fourth-order valence-electron chi connectivity index (χ4n) is 2.42. The van der Waals surface area contributed by atoms with Crippen LogP contribution in [0.1, 0.15) is 18.4 Å². The lowest BCUT2D eigenvalue weighted by Crippen LogP contribution is -2.00. The van der Waals surface area contributed by atoms with Gasteiger partial charge in [0.2, 0.25) is 0 Å². The molecule has 0 aliphatic heterocycles. The van der Waals surface area contributed by atoms with E-state index in [1.807, 2.05) is 19.1 Å². The van der Waals surface area contributed by atoms with Crippen LogP contribution in [0.5, 0.6) is 5.75 Å². The van der Waals surface area contributed by atoms with Crippen molar-refractivity contribution in [2.45, 2.75) is 12.8 Å². The molecule has 0 aliphatic rings. The number of rotatable bonds is 3. The number of ether oxygens (including phenoxy) is 1. The van der Waals surface area contributed by atoms with Crippen LogP contribution in [-0.2, 0) is 0 Å². The zero-order valence-electron chi connectivity index (χ0n) is 10.3. The fraction of sp³-hybridized carbons (Fsp3) is 0.286. The number of methoxy groups -OCH3 is 1. The Morgan fingerprint density at radius 3 is 2.50 bits per heavy atom. The maximum atomic E-state index is 9.41. The topological polar surface area (TPSA) is 55.7 Å². The minimum absolute atomic E-state index is 0.0235. The number of furan rings is 2. The molecular formula is C14H14O4. The lowest BCUT2D eigenvalue weighted by atomic mass is 9.96. The second-order valence-corrected chi connectivity index (χ2v) is 4.36. The molecule has 2 aromatic heterocycles. The first-order valence-corrected chi connectivity index (χ1v) is 5.83. The van der Waals surface area contributed by atoms with E-state index in [0.717, 1.165) is 21.9 Å². The van der Waals surface area contributed by atoms with Gasteiger partial charge < -0.3 is 18.7 Å². The molecule has 0 fully saturated rings. The van der Waals surface area contributed by atoms with Gasteiger partial charge >= 0.3 is 0 Å². The van der Waals surface area contributed by atoms with E-state index in [4.69, 9.17) is 13.6 Å². The molecule has 0 amide bonds. The van der Waals surface area contributed by atoms with E-state index in [2.05, 4.69) is 0 Å². The van der Waals surface area contributed by atoms with Crippen LogP contribution in [0.4, 0.5) is 0 Å². The minimum atomic E-state index is -0.0235. The summed E-state index contributed by atoms with van der Waals surface area (Å²) in [5.74, 6) is 0.650. The lowest BCUT2D eigenvalue weighted by Gasteiger charge is -2.12. The zero-order valence-corrected chi connectivity index (χ0v) is 10.3. The summed E-state index contributed by atoms with van der Waals surface area (Å²) in [4.78, 5) is 0. The number of hydrogen-bond donors (Lipinski definition) is 1. The number of hydrogen-bond acceptors (Lipinski definition) is 4. The van der Waals surface area contributed by atoms with Crippen LogP contribution in [-0.4, -0.2) is 18.8 Å². The van der Waals surface area contributed by atoms with Crippen LogP contribution in [0.2, 0.25) is 0 Å². The Kier molecular flexibility index (Phi) is 2.52. The van der Waals surface area contributed by atoms with Crippen molar-refractivity contribution in [1.29, 1.82) is 0 Å². The van der Waals surface area contributed by atoms with Gasteiger partial charge in [0.15, 0.2) is 11.3 Å². The number of fused-ring (bicyclic) bond motifs is 2. The first-order valence-electron chi connectivity index (χ1n) is 5.83. The molecule has 3 aromatic rings. The summed E-state index contributed by atoms with van der Waals surface area (Å²) in [7, 11) is 1.61. The fourth-order valence-corrected chi connectivity index (χ4v) is 2.42. The number of benzene rings is 1. The third-order valence-corrected chi connectivity index (χ3v) is 3.29. The molecule has 1 N–H and O–H groups in total.